The second kappa shape index (κ2) is 6.05. The third kappa shape index (κ3) is 3.69. The van der Waals surface area contributed by atoms with E-state index >= 15 is 0 Å². The summed E-state index contributed by atoms with van der Waals surface area (Å²) in [6, 6.07) is 10.0. The van der Waals surface area contributed by atoms with Gasteiger partial charge in [0, 0.05) is 18.7 Å². The summed E-state index contributed by atoms with van der Waals surface area (Å²) in [5, 5.41) is 0. The summed E-state index contributed by atoms with van der Waals surface area (Å²) < 4.78 is 0. The summed E-state index contributed by atoms with van der Waals surface area (Å²) in [5.74, 6) is 1.40. The Morgan fingerprint density at radius 1 is 1.16 bits per heavy atom. The summed E-state index contributed by atoms with van der Waals surface area (Å²) in [4.78, 5) is 14.5. The molecule has 2 atom stereocenters. The highest BCUT2D eigenvalue weighted by Crippen LogP contribution is 2.22. The van der Waals surface area contributed by atoms with Gasteiger partial charge in [0.25, 0.3) is 0 Å². The zero-order valence-corrected chi connectivity index (χ0v) is 12.1. The molecule has 1 fully saturated rings. The zero-order valence-electron chi connectivity index (χ0n) is 12.1. The van der Waals surface area contributed by atoms with Gasteiger partial charge < -0.3 is 4.90 Å². The maximum absolute atomic E-state index is 12.5. The van der Waals surface area contributed by atoms with Crippen LogP contribution in [0.5, 0.6) is 0 Å². The maximum atomic E-state index is 12.5. The van der Waals surface area contributed by atoms with E-state index in [1.807, 2.05) is 48.2 Å². The highest BCUT2D eigenvalue weighted by molar-refractivity contribution is 5.97. The molecule has 2 heteroatoms. The Bertz CT molecular complexity index is 453. The van der Waals surface area contributed by atoms with E-state index in [0.717, 1.165) is 24.2 Å². The van der Waals surface area contributed by atoms with E-state index in [1.165, 1.54) is 6.42 Å². The molecule has 0 aliphatic carbocycles. The Hall–Kier alpha value is -1.57. The molecule has 0 spiro atoms. The normalized spacial score (nSPS) is 24.4. The Morgan fingerprint density at radius 2 is 1.74 bits per heavy atom. The molecule has 1 aliphatic rings. The van der Waals surface area contributed by atoms with Crippen LogP contribution in [0.15, 0.2) is 35.9 Å². The standard InChI is InChI=1S/C17H23NO/c1-13-9-14(2)12-18(11-13)17(19)15(3)10-16-7-5-4-6-8-16/h4-8,10,13-14H,9,11-12H2,1-3H3. The van der Waals surface area contributed by atoms with Crippen molar-refractivity contribution in [2.24, 2.45) is 11.8 Å². The van der Waals surface area contributed by atoms with Gasteiger partial charge in [0.05, 0.1) is 0 Å². The smallest absolute Gasteiger partial charge is 0.249 e. The van der Waals surface area contributed by atoms with Crippen molar-refractivity contribution in [1.29, 1.82) is 0 Å². The Labute approximate surface area is 116 Å². The maximum Gasteiger partial charge on any atom is 0.249 e. The number of hydrogen-bond acceptors (Lipinski definition) is 1. The number of nitrogens with zero attached hydrogens (tertiary/aromatic N) is 1. The molecule has 2 unspecified atom stereocenters. The average molecular weight is 257 g/mol. The van der Waals surface area contributed by atoms with Crippen molar-refractivity contribution in [2.45, 2.75) is 27.2 Å². The van der Waals surface area contributed by atoms with Crippen molar-refractivity contribution in [3.05, 3.63) is 41.5 Å². The third-order valence-corrected chi connectivity index (χ3v) is 3.68. The fraction of sp³-hybridized carbons (Fsp3) is 0.471. The molecule has 1 amide bonds. The van der Waals surface area contributed by atoms with Crippen LogP contribution < -0.4 is 0 Å². The molecular formula is C17H23NO. The predicted molar refractivity (Wildman–Crippen MR) is 79.6 cm³/mol. The number of benzene rings is 1. The molecule has 1 aromatic carbocycles. The molecule has 0 N–H and O–H groups in total. The first kappa shape index (κ1) is 13.9. The molecule has 2 nitrogen and oxygen atoms in total. The van der Waals surface area contributed by atoms with Crippen LogP contribution in [0.4, 0.5) is 0 Å². The molecule has 0 bridgehead atoms. The predicted octanol–water partition coefficient (Wildman–Crippen LogP) is 3.59. The highest BCUT2D eigenvalue weighted by Gasteiger charge is 2.25. The molecule has 2 rings (SSSR count). The molecule has 0 radical (unpaired) electrons. The van der Waals surface area contributed by atoms with Gasteiger partial charge >= 0.3 is 0 Å². The van der Waals surface area contributed by atoms with Crippen LogP contribution in [0.1, 0.15) is 32.8 Å². The van der Waals surface area contributed by atoms with Crippen molar-refractivity contribution >= 4 is 12.0 Å². The summed E-state index contributed by atoms with van der Waals surface area (Å²) in [7, 11) is 0. The average Bonchev–Trinajstić information content (AvgIpc) is 2.37. The monoisotopic (exact) mass is 257 g/mol. The van der Waals surface area contributed by atoms with Gasteiger partial charge in [-0.2, -0.15) is 0 Å². The van der Waals surface area contributed by atoms with Crippen molar-refractivity contribution in [1.82, 2.24) is 4.90 Å². The summed E-state index contributed by atoms with van der Waals surface area (Å²) in [6.45, 7) is 8.16. The van der Waals surface area contributed by atoms with E-state index < -0.39 is 0 Å². The van der Waals surface area contributed by atoms with Crippen molar-refractivity contribution in [3.8, 4) is 0 Å². The highest BCUT2D eigenvalue weighted by atomic mass is 16.2. The van der Waals surface area contributed by atoms with Crippen LogP contribution in [0.25, 0.3) is 6.08 Å². The molecule has 1 aromatic rings. The molecule has 0 saturated carbocycles. The van der Waals surface area contributed by atoms with Crippen LogP contribution in [-0.2, 0) is 4.79 Å². The molecular weight excluding hydrogens is 234 g/mol. The lowest BCUT2D eigenvalue weighted by molar-refractivity contribution is -0.129. The lowest BCUT2D eigenvalue weighted by Crippen LogP contribution is -2.42. The lowest BCUT2D eigenvalue weighted by atomic mass is 9.91. The van der Waals surface area contributed by atoms with E-state index in [0.29, 0.717) is 11.8 Å². The van der Waals surface area contributed by atoms with Gasteiger partial charge in [0.15, 0.2) is 0 Å². The fourth-order valence-electron chi connectivity index (χ4n) is 2.94. The number of amides is 1. The first-order valence-corrected chi connectivity index (χ1v) is 7.09. The van der Waals surface area contributed by atoms with Gasteiger partial charge in [0.1, 0.15) is 0 Å². The van der Waals surface area contributed by atoms with Gasteiger partial charge in [-0.1, -0.05) is 44.2 Å². The first-order chi connectivity index (χ1) is 9.06. The van der Waals surface area contributed by atoms with Gasteiger partial charge in [-0.25, -0.2) is 0 Å². The van der Waals surface area contributed by atoms with E-state index in [-0.39, 0.29) is 5.91 Å². The Morgan fingerprint density at radius 3 is 2.32 bits per heavy atom. The molecule has 19 heavy (non-hydrogen) atoms. The quantitative estimate of drug-likeness (QED) is 0.741. The van der Waals surface area contributed by atoms with Crippen molar-refractivity contribution in [2.75, 3.05) is 13.1 Å². The van der Waals surface area contributed by atoms with Crippen LogP contribution in [0.3, 0.4) is 0 Å². The fourth-order valence-corrected chi connectivity index (χ4v) is 2.94. The molecule has 1 saturated heterocycles. The number of rotatable bonds is 2. The molecule has 102 valence electrons. The van der Waals surface area contributed by atoms with Crippen LogP contribution in [-0.4, -0.2) is 23.9 Å². The SMILES string of the molecule is CC(=Cc1ccccc1)C(=O)N1CC(C)CC(C)C1. The minimum Gasteiger partial charge on any atom is -0.338 e. The van der Waals surface area contributed by atoms with Crippen LogP contribution in [0, 0.1) is 11.8 Å². The second-order valence-corrected chi connectivity index (χ2v) is 5.89. The summed E-state index contributed by atoms with van der Waals surface area (Å²) >= 11 is 0. The lowest BCUT2D eigenvalue weighted by Gasteiger charge is -2.35. The van der Waals surface area contributed by atoms with Crippen LogP contribution >= 0.6 is 0 Å². The number of carbonyl (C=O) groups is 1. The van der Waals surface area contributed by atoms with Crippen molar-refractivity contribution in [3.63, 3.8) is 0 Å². The minimum absolute atomic E-state index is 0.183. The third-order valence-electron chi connectivity index (χ3n) is 3.68. The number of hydrogen-bond donors (Lipinski definition) is 0. The number of piperidine rings is 1. The van der Waals surface area contributed by atoms with E-state index in [2.05, 4.69) is 13.8 Å². The van der Waals surface area contributed by atoms with Gasteiger partial charge in [0.2, 0.25) is 5.91 Å². The molecule has 1 heterocycles. The zero-order chi connectivity index (χ0) is 13.8. The minimum atomic E-state index is 0.183. The van der Waals surface area contributed by atoms with Gasteiger partial charge in [-0.05, 0) is 36.8 Å². The Kier molecular flexibility index (Phi) is 4.41. The topological polar surface area (TPSA) is 20.3 Å². The van der Waals surface area contributed by atoms with Crippen LogP contribution in [0.2, 0.25) is 0 Å². The molecule has 0 aromatic heterocycles. The van der Waals surface area contributed by atoms with E-state index in [9.17, 15) is 4.79 Å². The van der Waals surface area contributed by atoms with Crippen molar-refractivity contribution < 1.29 is 4.79 Å². The summed E-state index contributed by atoms with van der Waals surface area (Å²) in [5.41, 5.74) is 1.92. The number of likely N-dealkylation sites (tertiary alicyclic amines) is 1. The van der Waals surface area contributed by atoms with Gasteiger partial charge in [-0.15, -0.1) is 0 Å². The number of carbonyl (C=O) groups excluding carboxylic acids is 1. The first-order valence-electron chi connectivity index (χ1n) is 7.09. The van der Waals surface area contributed by atoms with E-state index in [4.69, 9.17) is 0 Å². The van der Waals surface area contributed by atoms with E-state index in [1.54, 1.807) is 0 Å². The summed E-state index contributed by atoms with van der Waals surface area (Å²) in [6.07, 6.45) is 3.21. The Balaban J connectivity index is 2.09. The largest absolute Gasteiger partial charge is 0.338 e. The molecule has 1 aliphatic heterocycles. The van der Waals surface area contributed by atoms with Gasteiger partial charge in [-0.3, -0.25) is 4.79 Å². The second-order valence-electron chi connectivity index (χ2n) is 5.89.